The van der Waals surface area contributed by atoms with Crippen LogP contribution in [-0.4, -0.2) is 26.7 Å². The van der Waals surface area contributed by atoms with Crippen molar-refractivity contribution in [3.8, 4) is 0 Å². The van der Waals surface area contributed by atoms with E-state index in [1.165, 1.54) is 0 Å². The van der Waals surface area contributed by atoms with E-state index >= 15 is 0 Å². The molecule has 1 heterocycles. The lowest BCUT2D eigenvalue weighted by molar-refractivity contribution is -0.124. The molecule has 0 aliphatic rings. The average molecular weight is 225 g/mol. The van der Waals surface area contributed by atoms with Gasteiger partial charge in [-0.1, -0.05) is 20.8 Å². The topological polar surface area (TPSA) is 85.8 Å². The molecule has 1 amide bonds. The van der Waals surface area contributed by atoms with Crippen molar-refractivity contribution in [3.05, 3.63) is 12.2 Å². The summed E-state index contributed by atoms with van der Waals surface area (Å²) in [6, 6.07) is -0.527. The fourth-order valence-corrected chi connectivity index (χ4v) is 1.14. The van der Waals surface area contributed by atoms with E-state index in [0.717, 1.165) is 0 Å². The van der Waals surface area contributed by atoms with Crippen LogP contribution in [0.5, 0.6) is 0 Å². The highest BCUT2D eigenvalue weighted by atomic mass is 16.2. The van der Waals surface area contributed by atoms with Gasteiger partial charge in [0.1, 0.15) is 6.33 Å². The number of rotatable bonds is 3. The molecule has 0 fully saturated rings. The van der Waals surface area contributed by atoms with E-state index in [1.54, 1.807) is 10.9 Å². The van der Waals surface area contributed by atoms with E-state index in [9.17, 15) is 4.79 Å². The Morgan fingerprint density at radius 2 is 2.25 bits per heavy atom. The standard InChI is InChI=1S/C10H19N5O/c1-10(2,3)8(11)9(16)12-5-7-14-13-6-15(7)4/h6,8H,5,11H2,1-4H3,(H,12,16)/t8-/m1/s1. The third-order valence-electron chi connectivity index (χ3n) is 2.44. The number of hydrogen-bond acceptors (Lipinski definition) is 4. The second kappa shape index (κ2) is 4.61. The number of aromatic nitrogens is 3. The Bertz CT molecular complexity index is 366. The second-order valence-electron chi connectivity index (χ2n) is 4.92. The Balaban J connectivity index is 2.51. The van der Waals surface area contributed by atoms with E-state index in [1.807, 2.05) is 27.8 Å². The lowest BCUT2D eigenvalue weighted by Gasteiger charge is -2.25. The molecule has 16 heavy (non-hydrogen) atoms. The molecule has 0 bridgehead atoms. The van der Waals surface area contributed by atoms with Crippen LogP contribution in [-0.2, 0) is 18.4 Å². The first-order valence-corrected chi connectivity index (χ1v) is 5.18. The molecule has 0 aromatic carbocycles. The fourth-order valence-electron chi connectivity index (χ4n) is 1.14. The maximum absolute atomic E-state index is 11.7. The Labute approximate surface area is 95.2 Å². The summed E-state index contributed by atoms with van der Waals surface area (Å²) >= 11 is 0. The molecule has 90 valence electrons. The molecule has 0 saturated heterocycles. The van der Waals surface area contributed by atoms with Gasteiger partial charge in [0.05, 0.1) is 12.6 Å². The van der Waals surface area contributed by atoms with Crippen LogP contribution in [0.2, 0.25) is 0 Å². The normalized spacial score (nSPS) is 13.6. The molecule has 0 unspecified atom stereocenters. The summed E-state index contributed by atoms with van der Waals surface area (Å²) in [6.07, 6.45) is 1.59. The zero-order chi connectivity index (χ0) is 12.3. The average Bonchev–Trinajstić information content (AvgIpc) is 2.58. The zero-order valence-electron chi connectivity index (χ0n) is 10.2. The van der Waals surface area contributed by atoms with Crippen LogP contribution in [0, 0.1) is 5.41 Å². The number of carbonyl (C=O) groups excluding carboxylic acids is 1. The lowest BCUT2D eigenvalue weighted by Crippen LogP contribution is -2.48. The van der Waals surface area contributed by atoms with Crippen molar-refractivity contribution in [2.24, 2.45) is 18.2 Å². The summed E-state index contributed by atoms with van der Waals surface area (Å²) < 4.78 is 1.75. The van der Waals surface area contributed by atoms with Crippen molar-refractivity contribution in [3.63, 3.8) is 0 Å². The summed E-state index contributed by atoms with van der Waals surface area (Å²) in [4.78, 5) is 11.7. The summed E-state index contributed by atoms with van der Waals surface area (Å²) in [5, 5.41) is 10.3. The highest BCUT2D eigenvalue weighted by Crippen LogP contribution is 2.17. The van der Waals surface area contributed by atoms with Crippen molar-refractivity contribution >= 4 is 5.91 Å². The number of nitrogens with two attached hydrogens (primary N) is 1. The van der Waals surface area contributed by atoms with Crippen LogP contribution >= 0.6 is 0 Å². The number of hydrogen-bond donors (Lipinski definition) is 2. The molecule has 1 aromatic heterocycles. The third-order valence-corrected chi connectivity index (χ3v) is 2.44. The minimum atomic E-state index is -0.527. The number of nitrogens with one attached hydrogen (secondary N) is 1. The highest BCUT2D eigenvalue weighted by Gasteiger charge is 2.27. The molecule has 1 aromatic rings. The van der Waals surface area contributed by atoms with E-state index < -0.39 is 6.04 Å². The zero-order valence-corrected chi connectivity index (χ0v) is 10.2. The minimum Gasteiger partial charge on any atom is -0.347 e. The van der Waals surface area contributed by atoms with Crippen LogP contribution < -0.4 is 11.1 Å². The number of nitrogens with zero attached hydrogens (tertiary/aromatic N) is 3. The van der Waals surface area contributed by atoms with Crippen molar-refractivity contribution in [2.45, 2.75) is 33.4 Å². The molecule has 1 atom stereocenters. The summed E-state index contributed by atoms with van der Waals surface area (Å²) in [5.41, 5.74) is 5.57. The summed E-state index contributed by atoms with van der Waals surface area (Å²) in [6.45, 7) is 6.14. The van der Waals surface area contributed by atoms with E-state index in [2.05, 4.69) is 15.5 Å². The Kier molecular flexibility index (Phi) is 3.64. The van der Waals surface area contributed by atoms with Gasteiger partial charge in [-0.3, -0.25) is 4.79 Å². The maximum atomic E-state index is 11.7. The van der Waals surface area contributed by atoms with Crippen LogP contribution in [0.3, 0.4) is 0 Å². The SMILES string of the molecule is Cn1cnnc1CNC(=O)[C@@H](N)C(C)(C)C. The molecular weight excluding hydrogens is 206 g/mol. The quantitative estimate of drug-likeness (QED) is 0.746. The lowest BCUT2D eigenvalue weighted by atomic mass is 9.87. The van der Waals surface area contributed by atoms with Crippen molar-refractivity contribution < 1.29 is 4.79 Å². The predicted octanol–water partition coefficient (Wildman–Crippen LogP) is -0.195. The number of aryl methyl sites for hydroxylation is 1. The predicted molar refractivity (Wildman–Crippen MR) is 60.3 cm³/mol. The van der Waals surface area contributed by atoms with Gasteiger partial charge in [-0.2, -0.15) is 0 Å². The highest BCUT2D eigenvalue weighted by molar-refractivity contribution is 5.82. The van der Waals surface area contributed by atoms with E-state index in [-0.39, 0.29) is 11.3 Å². The van der Waals surface area contributed by atoms with Gasteiger partial charge in [-0.05, 0) is 5.41 Å². The molecule has 0 spiro atoms. The first-order chi connectivity index (χ1) is 7.32. The Morgan fingerprint density at radius 3 is 2.69 bits per heavy atom. The monoisotopic (exact) mass is 225 g/mol. The molecule has 6 nitrogen and oxygen atoms in total. The van der Waals surface area contributed by atoms with E-state index in [0.29, 0.717) is 12.4 Å². The van der Waals surface area contributed by atoms with Gasteiger partial charge in [0.15, 0.2) is 5.82 Å². The minimum absolute atomic E-state index is 0.171. The van der Waals surface area contributed by atoms with Crippen molar-refractivity contribution in [1.29, 1.82) is 0 Å². The van der Waals surface area contributed by atoms with Crippen molar-refractivity contribution in [2.75, 3.05) is 0 Å². The largest absolute Gasteiger partial charge is 0.347 e. The van der Waals surface area contributed by atoms with Gasteiger partial charge < -0.3 is 15.6 Å². The maximum Gasteiger partial charge on any atom is 0.237 e. The van der Waals surface area contributed by atoms with E-state index in [4.69, 9.17) is 5.73 Å². The summed E-state index contributed by atoms with van der Waals surface area (Å²) in [7, 11) is 1.82. The second-order valence-corrected chi connectivity index (χ2v) is 4.92. The van der Waals surface area contributed by atoms with Crippen LogP contribution in [0.1, 0.15) is 26.6 Å². The van der Waals surface area contributed by atoms with Gasteiger partial charge in [0.25, 0.3) is 0 Å². The molecule has 0 radical (unpaired) electrons. The molecule has 0 aliphatic carbocycles. The smallest absolute Gasteiger partial charge is 0.237 e. The van der Waals surface area contributed by atoms with Crippen LogP contribution in [0.25, 0.3) is 0 Å². The van der Waals surface area contributed by atoms with Crippen molar-refractivity contribution in [1.82, 2.24) is 20.1 Å². The summed E-state index contributed by atoms with van der Waals surface area (Å²) in [5.74, 6) is 0.532. The van der Waals surface area contributed by atoms with Gasteiger partial charge >= 0.3 is 0 Å². The molecule has 6 heteroatoms. The molecule has 0 saturated carbocycles. The Hall–Kier alpha value is -1.43. The molecule has 1 rings (SSSR count). The number of amides is 1. The fraction of sp³-hybridized carbons (Fsp3) is 0.700. The Morgan fingerprint density at radius 1 is 1.62 bits per heavy atom. The third kappa shape index (κ3) is 3.03. The van der Waals surface area contributed by atoms with Gasteiger partial charge in [-0.25, -0.2) is 0 Å². The molecule has 3 N–H and O–H groups in total. The van der Waals surface area contributed by atoms with Gasteiger partial charge in [0, 0.05) is 7.05 Å². The molecular formula is C10H19N5O. The first-order valence-electron chi connectivity index (χ1n) is 5.18. The van der Waals surface area contributed by atoms with Gasteiger partial charge in [-0.15, -0.1) is 10.2 Å². The van der Waals surface area contributed by atoms with Gasteiger partial charge in [0.2, 0.25) is 5.91 Å². The molecule has 0 aliphatic heterocycles. The first kappa shape index (κ1) is 12.6. The van der Waals surface area contributed by atoms with Crippen LogP contribution in [0.15, 0.2) is 6.33 Å². The number of carbonyl (C=O) groups is 1. The van der Waals surface area contributed by atoms with Crippen LogP contribution in [0.4, 0.5) is 0 Å².